The van der Waals surface area contributed by atoms with Gasteiger partial charge in [0.25, 0.3) is 0 Å². The van der Waals surface area contributed by atoms with Crippen LogP contribution in [0.15, 0.2) is 12.1 Å². The standard InChI is InChI=1S/C8H8N2O2S/c1-2-5-9-6-7-3-4-8(13-7)10(11)12/h1,3-4,9H,5-6H2. The van der Waals surface area contributed by atoms with Crippen molar-refractivity contribution in [2.75, 3.05) is 6.54 Å². The van der Waals surface area contributed by atoms with E-state index in [9.17, 15) is 10.1 Å². The van der Waals surface area contributed by atoms with E-state index in [1.54, 1.807) is 6.07 Å². The number of terminal acetylenes is 1. The van der Waals surface area contributed by atoms with Crippen LogP contribution in [0.2, 0.25) is 0 Å². The summed E-state index contributed by atoms with van der Waals surface area (Å²) in [5, 5.41) is 13.4. The second kappa shape index (κ2) is 4.60. The fourth-order valence-corrected chi connectivity index (χ4v) is 1.61. The highest BCUT2D eigenvalue weighted by atomic mass is 32.1. The molecule has 1 aromatic heterocycles. The summed E-state index contributed by atoms with van der Waals surface area (Å²) in [5.41, 5.74) is 0. The van der Waals surface area contributed by atoms with E-state index in [0.29, 0.717) is 13.1 Å². The molecule has 0 aliphatic heterocycles. The average Bonchev–Trinajstić information content (AvgIpc) is 2.53. The maximum absolute atomic E-state index is 10.3. The van der Waals surface area contributed by atoms with E-state index in [1.165, 1.54) is 6.07 Å². The van der Waals surface area contributed by atoms with Crippen molar-refractivity contribution in [3.8, 4) is 12.3 Å². The molecule has 1 aromatic rings. The quantitative estimate of drug-likeness (QED) is 0.342. The summed E-state index contributed by atoms with van der Waals surface area (Å²) in [6, 6.07) is 3.23. The number of nitrogens with one attached hydrogen (secondary N) is 1. The van der Waals surface area contributed by atoms with Gasteiger partial charge in [-0.1, -0.05) is 17.3 Å². The zero-order valence-corrected chi connectivity index (χ0v) is 7.63. The summed E-state index contributed by atoms with van der Waals surface area (Å²) in [7, 11) is 0. The summed E-state index contributed by atoms with van der Waals surface area (Å²) in [6.45, 7) is 1.06. The molecule has 1 N–H and O–H groups in total. The maximum atomic E-state index is 10.3. The van der Waals surface area contributed by atoms with Gasteiger partial charge in [-0.25, -0.2) is 0 Å². The smallest absolute Gasteiger partial charge is 0.301 e. The lowest BCUT2D eigenvalue weighted by Crippen LogP contribution is -2.11. The molecule has 1 heterocycles. The molecule has 0 aliphatic carbocycles. The molecule has 0 amide bonds. The molecule has 4 nitrogen and oxygen atoms in total. The van der Waals surface area contributed by atoms with E-state index in [4.69, 9.17) is 6.42 Å². The second-order valence-corrected chi connectivity index (χ2v) is 3.45. The summed E-state index contributed by atoms with van der Waals surface area (Å²) in [6.07, 6.45) is 5.03. The van der Waals surface area contributed by atoms with Crippen molar-refractivity contribution in [2.45, 2.75) is 6.54 Å². The first-order chi connectivity index (χ1) is 6.24. The predicted molar refractivity (Wildman–Crippen MR) is 51.5 cm³/mol. The third kappa shape index (κ3) is 2.86. The van der Waals surface area contributed by atoms with Crippen molar-refractivity contribution < 1.29 is 4.92 Å². The Kier molecular flexibility index (Phi) is 3.43. The van der Waals surface area contributed by atoms with Crippen molar-refractivity contribution >= 4 is 16.3 Å². The van der Waals surface area contributed by atoms with Gasteiger partial charge >= 0.3 is 5.00 Å². The van der Waals surface area contributed by atoms with Gasteiger partial charge in [0.05, 0.1) is 11.5 Å². The third-order valence-electron chi connectivity index (χ3n) is 1.35. The molecule has 5 heteroatoms. The summed E-state index contributed by atoms with van der Waals surface area (Å²) < 4.78 is 0. The Balaban J connectivity index is 2.50. The highest BCUT2D eigenvalue weighted by molar-refractivity contribution is 7.15. The van der Waals surface area contributed by atoms with Gasteiger partial charge in [0.2, 0.25) is 0 Å². The second-order valence-electron chi connectivity index (χ2n) is 2.30. The van der Waals surface area contributed by atoms with Crippen LogP contribution in [0.3, 0.4) is 0 Å². The minimum Gasteiger partial charge on any atom is -0.301 e. The molecule has 0 spiro atoms. The van der Waals surface area contributed by atoms with Gasteiger partial charge in [0.1, 0.15) is 0 Å². The number of rotatable bonds is 4. The van der Waals surface area contributed by atoms with E-state index in [-0.39, 0.29) is 5.00 Å². The van der Waals surface area contributed by atoms with Gasteiger partial charge in [-0.05, 0) is 6.07 Å². The topological polar surface area (TPSA) is 55.2 Å². The van der Waals surface area contributed by atoms with Crippen LogP contribution in [0.4, 0.5) is 5.00 Å². The lowest BCUT2D eigenvalue weighted by Gasteiger charge is -1.94. The first-order valence-corrected chi connectivity index (χ1v) is 4.43. The van der Waals surface area contributed by atoms with E-state index < -0.39 is 4.92 Å². The average molecular weight is 196 g/mol. The molecule has 13 heavy (non-hydrogen) atoms. The van der Waals surface area contributed by atoms with Gasteiger partial charge in [0.15, 0.2) is 0 Å². The Morgan fingerprint density at radius 1 is 1.69 bits per heavy atom. The maximum Gasteiger partial charge on any atom is 0.324 e. The molecule has 0 aliphatic rings. The predicted octanol–water partition coefficient (Wildman–Crippen LogP) is 1.38. The monoisotopic (exact) mass is 196 g/mol. The minimum atomic E-state index is -0.394. The Bertz CT molecular complexity index is 340. The van der Waals surface area contributed by atoms with Crippen LogP contribution in [0.25, 0.3) is 0 Å². The number of hydrogen-bond acceptors (Lipinski definition) is 4. The normalized spacial score (nSPS) is 9.46. The van der Waals surface area contributed by atoms with Crippen molar-refractivity contribution in [1.82, 2.24) is 5.32 Å². The Morgan fingerprint density at radius 3 is 3.00 bits per heavy atom. The zero-order chi connectivity index (χ0) is 9.68. The van der Waals surface area contributed by atoms with Crippen LogP contribution in [0.5, 0.6) is 0 Å². The number of nitro groups is 1. The Morgan fingerprint density at radius 2 is 2.46 bits per heavy atom. The number of hydrogen-bond donors (Lipinski definition) is 1. The molecule has 0 atom stereocenters. The molecular formula is C8H8N2O2S. The van der Waals surface area contributed by atoms with Gasteiger partial charge in [-0.2, -0.15) is 0 Å². The van der Waals surface area contributed by atoms with Crippen molar-refractivity contribution in [3.63, 3.8) is 0 Å². The van der Waals surface area contributed by atoms with Crippen molar-refractivity contribution in [3.05, 3.63) is 27.1 Å². The fourth-order valence-electron chi connectivity index (χ4n) is 0.818. The third-order valence-corrected chi connectivity index (χ3v) is 2.39. The molecule has 0 fully saturated rings. The molecule has 0 saturated carbocycles. The highest BCUT2D eigenvalue weighted by Crippen LogP contribution is 2.23. The Hall–Kier alpha value is -1.38. The molecule has 0 radical (unpaired) electrons. The zero-order valence-electron chi connectivity index (χ0n) is 6.82. The van der Waals surface area contributed by atoms with Crippen LogP contribution in [0.1, 0.15) is 4.88 Å². The van der Waals surface area contributed by atoms with Crippen LogP contribution in [-0.4, -0.2) is 11.5 Å². The molecular weight excluding hydrogens is 188 g/mol. The fraction of sp³-hybridized carbons (Fsp3) is 0.250. The summed E-state index contributed by atoms with van der Waals surface area (Å²) >= 11 is 1.16. The van der Waals surface area contributed by atoms with E-state index in [0.717, 1.165) is 16.2 Å². The van der Waals surface area contributed by atoms with Crippen molar-refractivity contribution in [1.29, 1.82) is 0 Å². The van der Waals surface area contributed by atoms with Crippen molar-refractivity contribution in [2.24, 2.45) is 0 Å². The van der Waals surface area contributed by atoms with Gasteiger partial charge in [0, 0.05) is 17.5 Å². The van der Waals surface area contributed by atoms with Gasteiger partial charge < -0.3 is 5.32 Å². The summed E-state index contributed by atoms with van der Waals surface area (Å²) in [4.78, 5) is 10.8. The van der Waals surface area contributed by atoms with Crippen LogP contribution >= 0.6 is 11.3 Å². The van der Waals surface area contributed by atoms with Gasteiger partial charge in [-0.15, -0.1) is 6.42 Å². The number of thiophene rings is 1. The van der Waals surface area contributed by atoms with Crippen LogP contribution in [0, 0.1) is 22.5 Å². The van der Waals surface area contributed by atoms with Crippen LogP contribution in [-0.2, 0) is 6.54 Å². The first kappa shape index (κ1) is 9.71. The van der Waals surface area contributed by atoms with Crippen LogP contribution < -0.4 is 5.32 Å². The molecule has 68 valence electrons. The van der Waals surface area contributed by atoms with E-state index in [2.05, 4.69) is 11.2 Å². The van der Waals surface area contributed by atoms with E-state index in [1.807, 2.05) is 0 Å². The lowest BCUT2D eigenvalue weighted by atomic mass is 10.4. The Labute approximate surface area is 79.7 Å². The lowest BCUT2D eigenvalue weighted by molar-refractivity contribution is -0.380. The SMILES string of the molecule is C#CCNCc1ccc([N+](=O)[O-])s1. The summed E-state index contributed by atoms with van der Waals surface area (Å²) in [5.74, 6) is 2.43. The molecule has 1 rings (SSSR count). The molecule has 0 bridgehead atoms. The first-order valence-electron chi connectivity index (χ1n) is 3.61. The molecule has 0 unspecified atom stereocenters. The minimum absolute atomic E-state index is 0.164. The highest BCUT2D eigenvalue weighted by Gasteiger charge is 2.08. The molecule has 0 aromatic carbocycles. The number of nitrogens with zero attached hydrogens (tertiary/aromatic N) is 1. The van der Waals surface area contributed by atoms with Gasteiger partial charge in [-0.3, -0.25) is 10.1 Å². The van der Waals surface area contributed by atoms with E-state index >= 15 is 0 Å². The largest absolute Gasteiger partial charge is 0.324 e. The molecule has 0 saturated heterocycles.